The molecule has 0 saturated carbocycles. The monoisotopic (exact) mass is 256 g/mol. The predicted molar refractivity (Wildman–Crippen MR) is 61.8 cm³/mol. The van der Waals surface area contributed by atoms with E-state index in [2.05, 4.69) is 20.1 Å². The molecular weight excluding hydrogens is 244 g/mol. The standard InChI is InChI=1S/C10H12N2O6/c1-17-9(15)11-5-3-8(14)6(4-7(5)13)12-10(16)18-2/h3-4,13-14H,1-2H3,(H,11,15)(H,12,16). The van der Waals surface area contributed by atoms with Crippen molar-refractivity contribution in [3.63, 3.8) is 0 Å². The number of ether oxygens (including phenoxy) is 2. The largest absolute Gasteiger partial charge is 0.506 e. The van der Waals surface area contributed by atoms with Gasteiger partial charge in [0, 0.05) is 12.1 Å². The van der Waals surface area contributed by atoms with Crippen molar-refractivity contribution >= 4 is 23.6 Å². The van der Waals surface area contributed by atoms with Crippen molar-refractivity contribution in [2.75, 3.05) is 24.9 Å². The number of methoxy groups -OCH3 is 2. The molecule has 0 bridgehead atoms. The lowest BCUT2D eigenvalue weighted by molar-refractivity contribution is 0.185. The maximum atomic E-state index is 10.9. The van der Waals surface area contributed by atoms with E-state index in [1.165, 1.54) is 0 Å². The number of amides is 2. The molecule has 18 heavy (non-hydrogen) atoms. The van der Waals surface area contributed by atoms with E-state index in [0.29, 0.717) is 0 Å². The van der Waals surface area contributed by atoms with Gasteiger partial charge in [0.1, 0.15) is 11.5 Å². The van der Waals surface area contributed by atoms with Gasteiger partial charge in [0.2, 0.25) is 0 Å². The second kappa shape index (κ2) is 5.62. The van der Waals surface area contributed by atoms with Crippen LogP contribution in [0.25, 0.3) is 0 Å². The Morgan fingerprint density at radius 3 is 1.56 bits per heavy atom. The molecule has 0 heterocycles. The van der Waals surface area contributed by atoms with Crippen LogP contribution in [0, 0.1) is 0 Å². The number of carbonyl (C=O) groups is 2. The third-order valence-electron chi connectivity index (χ3n) is 1.96. The van der Waals surface area contributed by atoms with Gasteiger partial charge in [-0.15, -0.1) is 0 Å². The van der Waals surface area contributed by atoms with Crippen LogP contribution in [0.15, 0.2) is 12.1 Å². The highest BCUT2D eigenvalue weighted by atomic mass is 16.5. The van der Waals surface area contributed by atoms with E-state index >= 15 is 0 Å². The first kappa shape index (κ1) is 13.4. The summed E-state index contributed by atoms with van der Waals surface area (Å²) in [5.74, 6) is -0.714. The summed E-state index contributed by atoms with van der Waals surface area (Å²) in [5, 5.41) is 23.5. The summed E-state index contributed by atoms with van der Waals surface area (Å²) >= 11 is 0. The maximum absolute atomic E-state index is 10.9. The van der Waals surface area contributed by atoms with Gasteiger partial charge < -0.3 is 19.7 Å². The first-order valence-electron chi connectivity index (χ1n) is 4.73. The van der Waals surface area contributed by atoms with Crippen LogP contribution in [-0.4, -0.2) is 36.6 Å². The Labute approximate surface area is 102 Å². The molecule has 1 aromatic carbocycles. The van der Waals surface area contributed by atoms with E-state index in [9.17, 15) is 19.8 Å². The molecule has 0 aromatic heterocycles. The predicted octanol–water partition coefficient (Wildman–Crippen LogP) is 1.45. The summed E-state index contributed by atoms with van der Waals surface area (Å²) < 4.78 is 8.66. The third-order valence-corrected chi connectivity index (χ3v) is 1.96. The fraction of sp³-hybridized carbons (Fsp3) is 0.200. The van der Waals surface area contributed by atoms with Crippen LogP contribution < -0.4 is 10.6 Å². The second-order valence-corrected chi connectivity index (χ2v) is 3.12. The molecule has 1 aromatic rings. The van der Waals surface area contributed by atoms with Crippen molar-refractivity contribution in [1.82, 2.24) is 0 Å². The number of phenols is 2. The van der Waals surface area contributed by atoms with Gasteiger partial charge >= 0.3 is 12.2 Å². The highest BCUT2D eigenvalue weighted by Crippen LogP contribution is 2.35. The fourth-order valence-electron chi connectivity index (χ4n) is 1.10. The van der Waals surface area contributed by atoms with Crippen molar-refractivity contribution < 1.29 is 29.3 Å². The number of hydrogen-bond donors (Lipinski definition) is 4. The van der Waals surface area contributed by atoms with Gasteiger partial charge in [-0.3, -0.25) is 10.6 Å². The number of phenolic OH excluding ortho intramolecular Hbond substituents is 2. The molecule has 4 N–H and O–H groups in total. The minimum atomic E-state index is -0.807. The van der Waals surface area contributed by atoms with Gasteiger partial charge in [-0.1, -0.05) is 0 Å². The molecule has 2 amide bonds. The zero-order valence-electron chi connectivity index (χ0n) is 9.68. The van der Waals surface area contributed by atoms with Gasteiger partial charge in [-0.2, -0.15) is 0 Å². The number of nitrogens with one attached hydrogen (secondary N) is 2. The quantitative estimate of drug-likeness (QED) is 0.470. The Morgan fingerprint density at radius 1 is 0.944 bits per heavy atom. The van der Waals surface area contributed by atoms with Gasteiger partial charge in [-0.05, 0) is 0 Å². The van der Waals surface area contributed by atoms with E-state index < -0.39 is 12.2 Å². The molecule has 1 rings (SSSR count). The van der Waals surface area contributed by atoms with Gasteiger partial charge in [0.15, 0.2) is 0 Å². The molecule has 0 aliphatic rings. The van der Waals surface area contributed by atoms with Gasteiger partial charge in [0.05, 0.1) is 25.6 Å². The fourth-order valence-corrected chi connectivity index (χ4v) is 1.10. The first-order chi connectivity index (χ1) is 8.47. The molecule has 0 atom stereocenters. The molecule has 0 fully saturated rings. The van der Waals surface area contributed by atoms with E-state index in [1.807, 2.05) is 0 Å². The molecule has 98 valence electrons. The summed E-state index contributed by atoms with van der Waals surface area (Å²) in [6, 6.07) is 2.11. The SMILES string of the molecule is COC(=O)Nc1cc(O)c(NC(=O)OC)cc1O. The molecular formula is C10H12N2O6. The molecule has 0 radical (unpaired) electrons. The van der Waals surface area contributed by atoms with E-state index in [4.69, 9.17) is 0 Å². The molecule has 0 spiro atoms. The average molecular weight is 256 g/mol. The van der Waals surface area contributed by atoms with Crippen LogP contribution in [0.2, 0.25) is 0 Å². The Kier molecular flexibility index (Phi) is 4.19. The van der Waals surface area contributed by atoms with Crippen molar-refractivity contribution in [3.8, 4) is 11.5 Å². The first-order valence-corrected chi connectivity index (χ1v) is 4.73. The van der Waals surface area contributed by atoms with Crippen LogP contribution >= 0.6 is 0 Å². The van der Waals surface area contributed by atoms with Crippen molar-refractivity contribution in [2.45, 2.75) is 0 Å². The lowest BCUT2D eigenvalue weighted by Gasteiger charge is -2.10. The number of anilines is 2. The normalized spacial score (nSPS) is 9.44. The Morgan fingerprint density at radius 2 is 1.28 bits per heavy atom. The van der Waals surface area contributed by atoms with Gasteiger partial charge in [0.25, 0.3) is 0 Å². The lowest BCUT2D eigenvalue weighted by Crippen LogP contribution is -2.13. The van der Waals surface area contributed by atoms with Crippen LogP contribution in [-0.2, 0) is 9.47 Å². The van der Waals surface area contributed by atoms with Crippen LogP contribution in [0.5, 0.6) is 11.5 Å². The minimum absolute atomic E-state index is 0.0604. The summed E-state index contributed by atoms with van der Waals surface area (Å²) in [6.07, 6.45) is -1.61. The molecule has 0 aliphatic heterocycles. The zero-order valence-corrected chi connectivity index (χ0v) is 9.68. The van der Waals surface area contributed by atoms with Crippen LogP contribution in [0.1, 0.15) is 0 Å². The minimum Gasteiger partial charge on any atom is -0.506 e. The third kappa shape index (κ3) is 3.17. The number of carbonyl (C=O) groups excluding carboxylic acids is 2. The molecule has 0 aliphatic carbocycles. The summed E-state index contributed by atoms with van der Waals surface area (Å²) in [6.45, 7) is 0. The molecule has 8 heteroatoms. The topological polar surface area (TPSA) is 117 Å². The summed E-state index contributed by atoms with van der Waals surface area (Å²) in [4.78, 5) is 21.9. The summed E-state index contributed by atoms with van der Waals surface area (Å²) in [7, 11) is 2.30. The van der Waals surface area contributed by atoms with Gasteiger partial charge in [-0.25, -0.2) is 9.59 Å². The van der Waals surface area contributed by atoms with Crippen molar-refractivity contribution in [1.29, 1.82) is 0 Å². The average Bonchev–Trinajstić information content (AvgIpc) is 2.34. The lowest BCUT2D eigenvalue weighted by atomic mass is 10.2. The number of aromatic hydroxyl groups is 2. The van der Waals surface area contributed by atoms with Crippen molar-refractivity contribution in [2.24, 2.45) is 0 Å². The van der Waals surface area contributed by atoms with Crippen LogP contribution in [0.4, 0.5) is 21.0 Å². The van der Waals surface area contributed by atoms with Crippen molar-refractivity contribution in [3.05, 3.63) is 12.1 Å². The number of benzene rings is 1. The van der Waals surface area contributed by atoms with E-state index in [0.717, 1.165) is 26.4 Å². The molecule has 8 nitrogen and oxygen atoms in total. The Balaban J connectivity index is 2.96. The van der Waals surface area contributed by atoms with Crippen LogP contribution in [0.3, 0.4) is 0 Å². The van der Waals surface area contributed by atoms with E-state index in [-0.39, 0.29) is 22.9 Å². The zero-order chi connectivity index (χ0) is 13.7. The Bertz CT molecular complexity index is 430. The Hall–Kier alpha value is -2.64. The highest BCUT2D eigenvalue weighted by Gasteiger charge is 2.13. The highest BCUT2D eigenvalue weighted by molar-refractivity contribution is 5.91. The number of rotatable bonds is 2. The summed E-state index contributed by atoms with van der Waals surface area (Å²) in [5.41, 5.74) is -0.121. The molecule has 0 unspecified atom stereocenters. The maximum Gasteiger partial charge on any atom is 0.411 e. The second-order valence-electron chi connectivity index (χ2n) is 3.12. The van der Waals surface area contributed by atoms with E-state index in [1.54, 1.807) is 0 Å². The smallest absolute Gasteiger partial charge is 0.411 e. The number of hydrogen-bond acceptors (Lipinski definition) is 6. The molecule has 0 saturated heterocycles.